The number of imide groups is 1. The Morgan fingerprint density at radius 1 is 1.11 bits per heavy atom. The van der Waals surface area contributed by atoms with Gasteiger partial charge >= 0.3 is 6.03 Å². The van der Waals surface area contributed by atoms with Crippen LogP contribution in [0.3, 0.4) is 0 Å². The second-order valence-electron chi connectivity index (χ2n) is 9.59. The third kappa shape index (κ3) is 4.00. The van der Waals surface area contributed by atoms with Gasteiger partial charge in [-0.2, -0.15) is 5.10 Å². The molecule has 4 amide bonds. The van der Waals surface area contributed by atoms with Crippen molar-refractivity contribution >= 4 is 29.4 Å². The third-order valence-electron chi connectivity index (χ3n) is 6.97. The highest BCUT2D eigenvalue weighted by atomic mass is 19.1. The molecule has 0 bridgehead atoms. The summed E-state index contributed by atoms with van der Waals surface area (Å²) in [7, 11) is 1.71. The number of urea groups is 1. The van der Waals surface area contributed by atoms with Gasteiger partial charge in [0.15, 0.2) is 0 Å². The number of pyridine rings is 1. The van der Waals surface area contributed by atoms with Gasteiger partial charge in [-0.15, -0.1) is 0 Å². The number of carbonyl (C=O) groups excluding carboxylic acids is 3. The quantitative estimate of drug-likeness (QED) is 0.515. The van der Waals surface area contributed by atoms with E-state index in [2.05, 4.69) is 10.1 Å². The molecule has 0 spiro atoms. The maximum absolute atomic E-state index is 14.0. The normalized spacial score (nSPS) is 20.2. The number of halogens is 1. The lowest BCUT2D eigenvalue weighted by Crippen LogP contribution is -2.78. The predicted molar refractivity (Wildman–Crippen MR) is 133 cm³/mol. The van der Waals surface area contributed by atoms with Crippen LogP contribution >= 0.6 is 0 Å². The first kappa shape index (κ1) is 24.4. The van der Waals surface area contributed by atoms with Gasteiger partial charge in [-0.25, -0.2) is 29.1 Å². The van der Waals surface area contributed by atoms with Crippen LogP contribution in [0, 0.1) is 25.6 Å². The van der Waals surface area contributed by atoms with Crippen LogP contribution in [0.5, 0.6) is 0 Å². The summed E-state index contributed by atoms with van der Waals surface area (Å²) < 4.78 is 15.6. The minimum atomic E-state index is -0.960. The summed E-state index contributed by atoms with van der Waals surface area (Å²) in [5, 5.41) is 6.80. The van der Waals surface area contributed by atoms with Crippen LogP contribution in [0.25, 0.3) is 0 Å². The SMILES string of the molecule is CC[C@H](c1ccc(F)c(C)c1)N1C(=O)N2C(=O)[C@H](Cc3cc(C)nc(N)c3)[C@H]2C(=O)N1c1cnn(C)c1. The van der Waals surface area contributed by atoms with E-state index in [1.807, 2.05) is 13.0 Å². The number of hydrazine groups is 1. The monoisotopic (exact) mass is 505 g/mol. The molecule has 3 atom stereocenters. The van der Waals surface area contributed by atoms with Gasteiger partial charge in [0.2, 0.25) is 5.91 Å². The van der Waals surface area contributed by atoms with Gasteiger partial charge in [-0.05, 0) is 61.6 Å². The number of hydrogen-bond donors (Lipinski definition) is 1. The van der Waals surface area contributed by atoms with E-state index in [0.29, 0.717) is 34.7 Å². The molecule has 0 saturated carbocycles. The molecule has 5 rings (SSSR count). The number of rotatable bonds is 6. The van der Waals surface area contributed by atoms with E-state index in [4.69, 9.17) is 5.73 Å². The molecule has 2 aromatic heterocycles. The molecule has 0 radical (unpaired) electrons. The lowest BCUT2D eigenvalue weighted by molar-refractivity contribution is -0.162. The molecule has 2 saturated heterocycles. The van der Waals surface area contributed by atoms with Crippen molar-refractivity contribution in [2.24, 2.45) is 13.0 Å². The molecule has 0 unspecified atom stereocenters. The van der Waals surface area contributed by atoms with Crippen molar-refractivity contribution < 1.29 is 18.8 Å². The Labute approximate surface area is 213 Å². The van der Waals surface area contributed by atoms with Crippen molar-refractivity contribution in [3.05, 3.63) is 70.9 Å². The van der Waals surface area contributed by atoms with E-state index in [1.165, 1.54) is 27.0 Å². The Balaban J connectivity index is 1.55. The Kier molecular flexibility index (Phi) is 5.93. The number of fused-ring (bicyclic) bond motifs is 1. The molecule has 3 aromatic rings. The highest BCUT2D eigenvalue weighted by molar-refractivity contribution is 6.16. The lowest BCUT2D eigenvalue weighted by atomic mass is 9.81. The summed E-state index contributed by atoms with van der Waals surface area (Å²) in [6.07, 6.45) is 3.81. The van der Waals surface area contributed by atoms with E-state index in [-0.39, 0.29) is 12.2 Å². The standard InChI is InChI=1S/C26H28FN7O3/c1-5-21(17-6-7-20(27)14(2)8-17)34-26(37)32-23(25(36)33(34)18-12-29-31(4)13-18)19(24(32)35)10-16-9-15(3)30-22(28)11-16/h6-9,11-13,19,21,23H,5,10H2,1-4H3,(H2,28,30)/t19-,21-,23+/m1/s1. The van der Waals surface area contributed by atoms with Gasteiger partial charge in [0.05, 0.1) is 24.4 Å². The van der Waals surface area contributed by atoms with Crippen molar-refractivity contribution in [2.75, 3.05) is 10.7 Å². The number of aryl methyl sites for hydroxylation is 3. The Bertz CT molecular complexity index is 1400. The molecule has 2 fully saturated rings. The molecular formula is C26H28FN7O3. The van der Waals surface area contributed by atoms with Crippen LogP contribution in [0.15, 0.2) is 42.7 Å². The number of nitrogen functional groups attached to an aromatic ring is 1. The molecular weight excluding hydrogens is 477 g/mol. The van der Waals surface area contributed by atoms with Crippen LogP contribution in [0.2, 0.25) is 0 Å². The number of carbonyl (C=O) groups is 3. The summed E-state index contributed by atoms with van der Waals surface area (Å²) in [4.78, 5) is 46.3. The van der Waals surface area contributed by atoms with Gasteiger partial charge < -0.3 is 5.73 Å². The Hall–Kier alpha value is -4.28. The smallest absolute Gasteiger partial charge is 0.347 e. The number of β-lactam (4-membered cyclic amide) rings is 1. The second kappa shape index (κ2) is 8.99. The van der Waals surface area contributed by atoms with Gasteiger partial charge in [0.25, 0.3) is 5.91 Å². The maximum Gasteiger partial charge on any atom is 0.347 e. The zero-order chi connectivity index (χ0) is 26.6. The predicted octanol–water partition coefficient (Wildman–Crippen LogP) is 3.06. The van der Waals surface area contributed by atoms with E-state index in [0.717, 1.165) is 10.5 Å². The first-order valence-electron chi connectivity index (χ1n) is 12.1. The highest BCUT2D eigenvalue weighted by Crippen LogP contribution is 2.42. The van der Waals surface area contributed by atoms with Gasteiger partial charge in [-0.1, -0.05) is 19.1 Å². The molecule has 11 heteroatoms. The number of nitrogens with zero attached hydrogens (tertiary/aromatic N) is 6. The summed E-state index contributed by atoms with van der Waals surface area (Å²) in [5.74, 6) is -1.58. The fourth-order valence-electron chi connectivity index (χ4n) is 5.28. The zero-order valence-electron chi connectivity index (χ0n) is 21.1. The molecule has 0 aliphatic carbocycles. The average molecular weight is 506 g/mol. The molecule has 2 aliphatic rings. The van der Waals surface area contributed by atoms with Crippen LogP contribution in [-0.2, 0) is 23.1 Å². The number of aromatic nitrogens is 3. The average Bonchev–Trinajstić information content (AvgIpc) is 3.26. The van der Waals surface area contributed by atoms with Crippen LogP contribution in [-0.4, -0.2) is 48.6 Å². The van der Waals surface area contributed by atoms with Gasteiger partial charge in [0, 0.05) is 12.7 Å². The summed E-state index contributed by atoms with van der Waals surface area (Å²) in [6, 6.07) is 5.90. The first-order chi connectivity index (χ1) is 17.6. The van der Waals surface area contributed by atoms with Crippen molar-refractivity contribution in [1.82, 2.24) is 24.7 Å². The summed E-state index contributed by atoms with van der Waals surface area (Å²) in [5.41, 5.74) is 8.83. The molecule has 192 valence electrons. The molecule has 2 aliphatic heterocycles. The molecule has 37 heavy (non-hydrogen) atoms. The van der Waals surface area contributed by atoms with Crippen molar-refractivity contribution in [2.45, 2.75) is 45.7 Å². The van der Waals surface area contributed by atoms with Crippen LogP contribution in [0.4, 0.5) is 20.7 Å². The van der Waals surface area contributed by atoms with Crippen molar-refractivity contribution in [3.8, 4) is 0 Å². The maximum atomic E-state index is 14.0. The Morgan fingerprint density at radius 3 is 2.49 bits per heavy atom. The largest absolute Gasteiger partial charge is 0.384 e. The van der Waals surface area contributed by atoms with Gasteiger partial charge in [-0.3, -0.25) is 14.3 Å². The molecule has 1 aromatic carbocycles. The Morgan fingerprint density at radius 2 is 1.86 bits per heavy atom. The summed E-state index contributed by atoms with van der Waals surface area (Å²) in [6.45, 7) is 5.31. The number of benzene rings is 1. The minimum Gasteiger partial charge on any atom is -0.384 e. The van der Waals surface area contributed by atoms with Crippen LogP contribution < -0.4 is 10.7 Å². The van der Waals surface area contributed by atoms with Crippen molar-refractivity contribution in [1.29, 1.82) is 0 Å². The number of hydrogen-bond acceptors (Lipinski definition) is 6. The minimum absolute atomic E-state index is 0.252. The molecule has 4 heterocycles. The fourth-order valence-corrected chi connectivity index (χ4v) is 5.28. The number of nitrogens with two attached hydrogens (primary N) is 1. The van der Waals surface area contributed by atoms with Crippen molar-refractivity contribution in [3.63, 3.8) is 0 Å². The van der Waals surface area contributed by atoms with E-state index >= 15 is 0 Å². The molecule has 10 nitrogen and oxygen atoms in total. The van der Waals surface area contributed by atoms with Gasteiger partial charge in [0.1, 0.15) is 23.4 Å². The fraction of sp³-hybridized carbons (Fsp3) is 0.346. The third-order valence-corrected chi connectivity index (χ3v) is 6.97. The van der Waals surface area contributed by atoms with E-state index < -0.39 is 35.8 Å². The zero-order valence-corrected chi connectivity index (χ0v) is 21.1. The highest BCUT2D eigenvalue weighted by Gasteiger charge is 2.62. The summed E-state index contributed by atoms with van der Waals surface area (Å²) >= 11 is 0. The number of amides is 4. The topological polar surface area (TPSA) is 118 Å². The molecule has 2 N–H and O–H groups in total. The van der Waals surface area contributed by atoms with Crippen LogP contribution in [0.1, 0.15) is 41.8 Å². The second-order valence-corrected chi connectivity index (χ2v) is 9.59. The lowest BCUT2D eigenvalue weighted by Gasteiger charge is -2.55. The van der Waals surface area contributed by atoms with E-state index in [9.17, 15) is 18.8 Å². The first-order valence-corrected chi connectivity index (χ1v) is 12.1. The van der Waals surface area contributed by atoms with E-state index in [1.54, 1.807) is 45.3 Å². The number of anilines is 2.